The van der Waals surface area contributed by atoms with E-state index in [4.69, 9.17) is 0 Å². The minimum absolute atomic E-state index is 0.642. The smallest absolute Gasteiger partial charge is 0.194 e. The Morgan fingerprint density at radius 1 is 1.25 bits per heavy atom. The summed E-state index contributed by atoms with van der Waals surface area (Å²) in [6, 6.07) is 10.5. The summed E-state index contributed by atoms with van der Waals surface area (Å²) in [5.41, 5.74) is 3.17. The zero-order valence-corrected chi connectivity index (χ0v) is 12.2. The van der Waals surface area contributed by atoms with Crippen LogP contribution >= 0.6 is 11.3 Å². The first kappa shape index (κ1) is 13.1. The number of rotatable bonds is 5. The van der Waals surface area contributed by atoms with Crippen LogP contribution in [0, 0.1) is 6.92 Å². The van der Waals surface area contributed by atoms with Gasteiger partial charge in [-0.3, -0.25) is 9.20 Å². The van der Waals surface area contributed by atoms with Gasteiger partial charge in [0.2, 0.25) is 0 Å². The third kappa shape index (κ3) is 2.39. The molecule has 0 fully saturated rings. The summed E-state index contributed by atoms with van der Waals surface area (Å²) in [4.78, 5) is 17.5. The molecular weight excluding hydrogens is 268 g/mol. The van der Waals surface area contributed by atoms with Gasteiger partial charge in [-0.1, -0.05) is 30.3 Å². The van der Waals surface area contributed by atoms with Gasteiger partial charge in [-0.05, 0) is 31.7 Å². The number of nitrogens with zero attached hydrogens (tertiary/aromatic N) is 2. The molecule has 0 radical (unpaired) electrons. The summed E-state index contributed by atoms with van der Waals surface area (Å²) >= 11 is 1.69. The summed E-state index contributed by atoms with van der Waals surface area (Å²) in [7, 11) is 0. The number of hydrogen-bond acceptors (Lipinski definition) is 3. The van der Waals surface area contributed by atoms with Crippen molar-refractivity contribution in [1.82, 2.24) is 9.38 Å². The highest BCUT2D eigenvalue weighted by atomic mass is 32.1. The largest absolute Gasteiger partial charge is 0.296 e. The van der Waals surface area contributed by atoms with E-state index in [2.05, 4.69) is 36.2 Å². The molecule has 2 aromatic heterocycles. The Morgan fingerprint density at radius 3 is 2.80 bits per heavy atom. The molecule has 0 aliphatic rings. The molecule has 0 N–H and O–H groups in total. The molecule has 0 saturated heterocycles. The van der Waals surface area contributed by atoms with Gasteiger partial charge in [0.15, 0.2) is 11.2 Å². The van der Waals surface area contributed by atoms with Gasteiger partial charge in [-0.25, -0.2) is 4.98 Å². The van der Waals surface area contributed by atoms with Crippen LogP contribution < -0.4 is 0 Å². The van der Waals surface area contributed by atoms with Crippen LogP contribution in [0.3, 0.4) is 0 Å². The average Bonchev–Trinajstić information content (AvgIpc) is 3.01. The highest BCUT2D eigenvalue weighted by Crippen LogP contribution is 2.25. The SMILES string of the molecule is Cc1c(CCCc2ccccc2)sc2ncc(C=O)n12. The van der Waals surface area contributed by atoms with Crippen LogP contribution in [0.25, 0.3) is 4.96 Å². The summed E-state index contributed by atoms with van der Waals surface area (Å²) in [6.07, 6.45) is 5.74. The topological polar surface area (TPSA) is 34.4 Å². The second kappa shape index (κ2) is 5.59. The van der Waals surface area contributed by atoms with E-state index in [1.165, 1.54) is 10.4 Å². The Hall–Kier alpha value is -1.94. The van der Waals surface area contributed by atoms with Gasteiger partial charge < -0.3 is 0 Å². The normalized spacial score (nSPS) is 11.1. The molecule has 0 unspecified atom stereocenters. The van der Waals surface area contributed by atoms with E-state index < -0.39 is 0 Å². The maximum Gasteiger partial charge on any atom is 0.194 e. The lowest BCUT2D eigenvalue weighted by atomic mass is 10.1. The van der Waals surface area contributed by atoms with Crippen molar-refractivity contribution in [3.05, 3.63) is 58.4 Å². The molecule has 0 aliphatic heterocycles. The fourth-order valence-corrected chi connectivity index (χ4v) is 3.62. The lowest BCUT2D eigenvalue weighted by Gasteiger charge is -2.01. The number of aromatic nitrogens is 2. The molecule has 102 valence electrons. The molecule has 4 heteroatoms. The molecule has 0 atom stereocenters. The zero-order chi connectivity index (χ0) is 13.9. The molecular formula is C16H16N2OS. The highest BCUT2D eigenvalue weighted by Gasteiger charge is 2.12. The number of hydrogen-bond donors (Lipinski definition) is 0. The van der Waals surface area contributed by atoms with E-state index in [0.717, 1.165) is 36.2 Å². The lowest BCUT2D eigenvalue weighted by molar-refractivity contribution is 0.111. The van der Waals surface area contributed by atoms with Crippen molar-refractivity contribution in [1.29, 1.82) is 0 Å². The number of carbonyl (C=O) groups is 1. The molecule has 20 heavy (non-hydrogen) atoms. The first-order valence-electron chi connectivity index (χ1n) is 6.74. The Morgan fingerprint density at radius 2 is 2.05 bits per heavy atom. The van der Waals surface area contributed by atoms with Crippen molar-refractivity contribution in [2.24, 2.45) is 0 Å². The van der Waals surface area contributed by atoms with Gasteiger partial charge in [0.25, 0.3) is 0 Å². The second-order valence-corrected chi connectivity index (χ2v) is 5.93. The number of carbonyl (C=O) groups excluding carboxylic acids is 1. The van der Waals surface area contributed by atoms with Crippen LogP contribution in [0.2, 0.25) is 0 Å². The van der Waals surface area contributed by atoms with Gasteiger partial charge in [0.1, 0.15) is 5.69 Å². The Labute approximate surface area is 121 Å². The lowest BCUT2D eigenvalue weighted by Crippen LogP contribution is -1.94. The number of thiazole rings is 1. The first-order valence-corrected chi connectivity index (χ1v) is 7.56. The molecule has 3 nitrogen and oxygen atoms in total. The molecule has 2 heterocycles. The van der Waals surface area contributed by atoms with Crippen molar-refractivity contribution in [3.63, 3.8) is 0 Å². The number of fused-ring (bicyclic) bond motifs is 1. The fraction of sp³-hybridized carbons (Fsp3) is 0.250. The minimum atomic E-state index is 0.642. The summed E-state index contributed by atoms with van der Waals surface area (Å²) in [6.45, 7) is 2.07. The van der Waals surface area contributed by atoms with Crippen LogP contribution in [0.15, 0.2) is 36.5 Å². The summed E-state index contributed by atoms with van der Waals surface area (Å²) < 4.78 is 1.95. The molecule has 0 bridgehead atoms. The van der Waals surface area contributed by atoms with Crippen molar-refractivity contribution in [3.8, 4) is 0 Å². The van der Waals surface area contributed by atoms with Crippen molar-refractivity contribution in [2.45, 2.75) is 26.2 Å². The maximum absolute atomic E-state index is 11.0. The molecule has 0 aliphatic carbocycles. The van der Waals surface area contributed by atoms with E-state index in [1.807, 2.05) is 10.5 Å². The van der Waals surface area contributed by atoms with Gasteiger partial charge in [0, 0.05) is 10.6 Å². The van der Waals surface area contributed by atoms with Crippen molar-refractivity contribution < 1.29 is 4.79 Å². The van der Waals surface area contributed by atoms with Gasteiger partial charge in [-0.2, -0.15) is 0 Å². The Kier molecular flexibility index (Phi) is 3.65. The number of aldehydes is 1. The number of imidazole rings is 1. The third-order valence-electron chi connectivity index (χ3n) is 3.54. The third-order valence-corrected chi connectivity index (χ3v) is 4.76. The molecule has 1 aromatic carbocycles. The molecule has 0 amide bonds. The summed E-state index contributed by atoms with van der Waals surface area (Å²) in [5, 5.41) is 0. The van der Waals surface area contributed by atoms with E-state index in [9.17, 15) is 4.79 Å². The second-order valence-electron chi connectivity index (χ2n) is 4.87. The van der Waals surface area contributed by atoms with Gasteiger partial charge >= 0.3 is 0 Å². The average molecular weight is 284 g/mol. The van der Waals surface area contributed by atoms with Crippen LogP contribution in [-0.2, 0) is 12.8 Å². The molecule has 3 aromatic rings. The predicted octanol–water partition coefficient (Wildman–Crippen LogP) is 3.69. The number of aryl methyl sites for hydroxylation is 3. The van der Waals surface area contributed by atoms with E-state index in [1.54, 1.807) is 17.5 Å². The van der Waals surface area contributed by atoms with E-state index in [-0.39, 0.29) is 0 Å². The van der Waals surface area contributed by atoms with E-state index in [0.29, 0.717) is 5.69 Å². The van der Waals surface area contributed by atoms with Gasteiger partial charge in [0.05, 0.1) is 6.20 Å². The fourth-order valence-electron chi connectivity index (χ4n) is 2.48. The Balaban J connectivity index is 1.73. The van der Waals surface area contributed by atoms with Crippen molar-refractivity contribution in [2.75, 3.05) is 0 Å². The standard InChI is InChI=1S/C16H16N2OS/c1-12-15(9-5-8-13-6-3-2-4-7-13)20-16-17-10-14(11-19)18(12)16/h2-4,6-7,10-11H,5,8-9H2,1H3. The highest BCUT2D eigenvalue weighted by molar-refractivity contribution is 7.17. The van der Waals surface area contributed by atoms with E-state index >= 15 is 0 Å². The molecule has 0 spiro atoms. The number of benzene rings is 1. The van der Waals surface area contributed by atoms with Crippen LogP contribution in [0.1, 0.15) is 33.0 Å². The monoisotopic (exact) mass is 284 g/mol. The quantitative estimate of drug-likeness (QED) is 0.670. The maximum atomic E-state index is 11.0. The van der Waals surface area contributed by atoms with Crippen molar-refractivity contribution >= 4 is 22.6 Å². The van der Waals surface area contributed by atoms with Crippen LogP contribution in [0.5, 0.6) is 0 Å². The molecule has 3 rings (SSSR count). The zero-order valence-electron chi connectivity index (χ0n) is 11.4. The molecule has 0 saturated carbocycles. The van der Waals surface area contributed by atoms with Crippen LogP contribution in [-0.4, -0.2) is 15.7 Å². The Bertz CT molecular complexity index is 728. The predicted molar refractivity (Wildman–Crippen MR) is 81.7 cm³/mol. The first-order chi connectivity index (χ1) is 9.79. The van der Waals surface area contributed by atoms with Crippen LogP contribution in [0.4, 0.5) is 0 Å². The van der Waals surface area contributed by atoms with Gasteiger partial charge in [-0.15, -0.1) is 11.3 Å². The summed E-state index contributed by atoms with van der Waals surface area (Å²) in [5.74, 6) is 0. The minimum Gasteiger partial charge on any atom is -0.296 e.